The van der Waals surface area contributed by atoms with Gasteiger partial charge < -0.3 is 9.80 Å². The molecule has 3 nitrogen and oxygen atoms in total. The second-order valence-corrected chi connectivity index (χ2v) is 6.94. The molecule has 2 aromatic rings. The molecule has 0 bridgehead atoms. The molecule has 1 aromatic heterocycles. The average Bonchev–Trinajstić information content (AvgIpc) is 2.61. The van der Waals surface area contributed by atoms with Crippen LogP contribution in [-0.2, 0) is 6.18 Å². The maximum atomic E-state index is 13.6. The molecule has 0 aliphatic carbocycles. The van der Waals surface area contributed by atoms with E-state index in [4.69, 9.17) is 0 Å². The molecule has 0 amide bonds. The summed E-state index contributed by atoms with van der Waals surface area (Å²) >= 11 is 1.36. The van der Waals surface area contributed by atoms with E-state index < -0.39 is 11.7 Å². The first-order valence-electron chi connectivity index (χ1n) is 8.18. The van der Waals surface area contributed by atoms with E-state index in [-0.39, 0.29) is 11.5 Å². The zero-order valence-electron chi connectivity index (χ0n) is 14.5. The zero-order chi connectivity index (χ0) is 18.9. The number of aromatic nitrogens is 1. The number of benzene rings is 1. The Morgan fingerprint density at radius 2 is 1.65 bits per heavy atom. The number of hydrogen-bond acceptors (Lipinski definition) is 4. The highest BCUT2D eigenvalue weighted by Crippen LogP contribution is 2.32. The van der Waals surface area contributed by atoms with Gasteiger partial charge in [-0.2, -0.15) is 13.2 Å². The molecule has 0 radical (unpaired) electrons. The van der Waals surface area contributed by atoms with Crippen molar-refractivity contribution in [2.24, 2.45) is 0 Å². The van der Waals surface area contributed by atoms with Gasteiger partial charge in [0.25, 0.3) is 0 Å². The number of rotatable bonds is 3. The third-order valence-corrected chi connectivity index (χ3v) is 5.23. The summed E-state index contributed by atoms with van der Waals surface area (Å²) in [4.78, 5) is 8.86. The second-order valence-electron chi connectivity index (χ2n) is 6.09. The van der Waals surface area contributed by atoms with Crippen LogP contribution in [0, 0.1) is 12.7 Å². The number of anilines is 2. The normalized spacial score (nSPS) is 15.5. The van der Waals surface area contributed by atoms with Gasteiger partial charge in [-0.1, -0.05) is 0 Å². The summed E-state index contributed by atoms with van der Waals surface area (Å²) in [5, 5.41) is 0. The van der Waals surface area contributed by atoms with Gasteiger partial charge in [0.15, 0.2) is 0 Å². The summed E-state index contributed by atoms with van der Waals surface area (Å²) in [6.45, 7) is 4.06. The Labute approximate surface area is 154 Å². The van der Waals surface area contributed by atoms with Gasteiger partial charge in [0.05, 0.1) is 11.3 Å². The van der Waals surface area contributed by atoms with Crippen molar-refractivity contribution in [3.8, 4) is 0 Å². The summed E-state index contributed by atoms with van der Waals surface area (Å²) in [6.07, 6.45) is -2.55. The van der Waals surface area contributed by atoms with Crippen LogP contribution in [0.1, 0.15) is 11.3 Å². The number of thioether (sulfide) groups is 1. The summed E-state index contributed by atoms with van der Waals surface area (Å²) in [5.41, 5.74) is 0.239. The SMILES string of the molecule is CSc1cc(N2CCN(c3ccc(C(F)(F)F)c(C)n3)CC2)ccc1F. The smallest absolute Gasteiger partial charge is 0.368 e. The van der Waals surface area contributed by atoms with Crippen molar-refractivity contribution in [3.63, 3.8) is 0 Å². The lowest BCUT2D eigenvalue weighted by Crippen LogP contribution is -2.47. The predicted octanol–water partition coefficient (Wildman–Crippen LogP) is 4.60. The molecule has 8 heteroatoms. The largest absolute Gasteiger partial charge is 0.418 e. The van der Waals surface area contributed by atoms with Crippen LogP contribution in [0.4, 0.5) is 29.1 Å². The zero-order valence-corrected chi connectivity index (χ0v) is 15.3. The van der Waals surface area contributed by atoms with E-state index in [2.05, 4.69) is 9.88 Å². The van der Waals surface area contributed by atoms with E-state index in [1.54, 1.807) is 6.07 Å². The summed E-state index contributed by atoms with van der Waals surface area (Å²) in [7, 11) is 0. The minimum atomic E-state index is -4.38. The standard InChI is InChI=1S/C18H19F4N3S/c1-12-14(18(20,21)22)4-6-17(23-12)25-9-7-24(8-10-25)13-3-5-15(19)16(11-13)26-2/h3-6,11H,7-10H2,1-2H3. The van der Waals surface area contributed by atoms with Crippen molar-refractivity contribution in [3.05, 3.63) is 47.4 Å². The topological polar surface area (TPSA) is 19.4 Å². The second kappa shape index (κ2) is 7.34. The first kappa shape index (κ1) is 18.8. The molecule has 1 aliphatic heterocycles. The van der Waals surface area contributed by atoms with Gasteiger partial charge in [0.1, 0.15) is 11.6 Å². The first-order chi connectivity index (χ1) is 12.3. The monoisotopic (exact) mass is 385 g/mol. The molecule has 1 saturated heterocycles. The van der Waals surface area contributed by atoms with Crippen molar-refractivity contribution >= 4 is 23.3 Å². The Morgan fingerprint density at radius 1 is 1.00 bits per heavy atom. The third-order valence-electron chi connectivity index (χ3n) is 4.48. The fourth-order valence-corrected chi connectivity index (χ4v) is 3.56. The predicted molar refractivity (Wildman–Crippen MR) is 96.6 cm³/mol. The van der Waals surface area contributed by atoms with Gasteiger partial charge in [0.2, 0.25) is 0 Å². The van der Waals surface area contributed by atoms with Crippen molar-refractivity contribution in [1.29, 1.82) is 0 Å². The van der Waals surface area contributed by atoms with Gasteiger partial charge in [0, 0.05) is 36.8 Å². The van der Waals surface area contributed by atoms with E-state index in [0.717, 1.165) is 11.8 Å². The lowest BCUT2D eigenvalue weighted by molar-refractivity contribution is -0.138. The van der Waals surface area contributed by atoms with Crippen LogP contribution in [0.15, 0.2) is 35.2 Å². The van der Waals surface area contributed by atoms with Crippen molar-refractivity contribution < 1.29 is 17.6 Å². The Morgan fingerprint density at radius 3 is 2.23 bits per heavy atom. The van der Waals surface area contributed by atoms with Crippen LogP contribution >= 0.6 is 11.8 Å². The lowest BCUT2D eigenvalue weighted by Gasteiger charge is -2.37. The van der Waals surface area contributed by atoms with Gasteiger partial charge in [-0.15, -0.1) is 11.8 Å². The van der Waals surface area contributed by atoms with Gasteiger partial charge in [-0.3, -0.25) is 0 Å². The number of piperazine rings is 1. The van der Waals surface area contributed by atoms with E-state index in [1.807, 2.05) is 17.2 Å². The molecule has 3 rings (SSSR count). The molecule has 0 N–H and O–H groups in total. The van der Waals surface area contributed by atoms with Crippen LogP contribution in [0.3, 0.4) is 0 Å². The highest BCUT2D eigenvalue weighted by atomic mass is 32.2. The quantitative estimate of drug-likeness (QED) is 0.568. The number of aryl methyl sites for hydroxylation is 1. The van der Waals surface area contributed by atoms with Gasteiger partial charge in [-0.25, -0.2) is 9.37 Å². The van der Waals surface area contributed by atoms with E-state index in [0.29, 0.717) is 36.9 Å². The minimum Gasteiger partial charge on any atom is -0.368 e. The number of pyridine rings is 1. The Bertz CT molecular complexity index is 786. The van der Waals surface area contributed by atoms with Crippen LogP contribution in [0.2, 0.25) is 0 Å². The molecule has 1 aliphatic rings. The molecule has 1 aromatic carbocycles. The van der Waals surface area contributed by atoms with E-state index in [1.165, 1.54) is 30.8 Å². The van der Waals surface area contributed by atoms with E-state index >= 15 is 0 Å². The minimum absolute atomic E-state index is 0.0134. The fraction of sp³-hybridized carbons (Fsp3) is 0.389. The summed E-state index contributed by atoms with van der Waals surface area (Å²) in [5.74, 6) is 0.323. The van der Waals surface area contributed by atoms with Crippen LogP contribution in [-0.4, -0.2) is 37.4 Å². The molecule has 0 spiro atoms. The number of hydrogen-bond donors (Lipinski definition) is 0. The molecule has 0 atom stereocenters. The maximum Gasteiger partial charge on any atom is 0.418 e. The molecule has 0 saturated carbocycles. The molecular weight excluding hydrogens is 366 g/mol. The molecular formula is C18H19F4N3S. The Hall–Kier alpha value is -1.96. The molecule has 140 valence electrons. The third kappa shape index (κ3) is 3.90. The maximum absolute atomic E-state index is 13.6. The Balaban J connectivity index is 1.70. The average molecular weight is 385 g/mol. The highest BCUT2D eigenvalue weighted by molar-refractivity contribution is 7.98. The van der Waals surface area contributed by atoms with Crippen LogP contribution < -0.4 is 9.80 Å². The summed E-state index contributed by atoms with van der Waals surface area (Å²) < 4.78 is 52.2. The van der Waals surface area contributed by atoms with Crippen molar-refractivity contribution in [2.75, 3.05) is 42.2 Å². The highest BCUT2D eigenvalue weighted by Gasteiger charge is 2.33. The van der Waals surface area contributed by atoms with Crippen molar-refractivity contribution in [2.45, 2.75) is 18.0 Å². The van der Waals surface area contributed by atoms with Gasteiger partial charge >= 0.3 is 6.18 Å². The van der Waals surface area contributed by atoms with Crippen LogP contribution in [0.5, 0.6) is 0 Å². The Kier molecular flexibility index (Phi) is 5.32. The summed E-state index contributed by atoms with van der Waals surface area (Å²) in [6, 6.07) is 7.57. The molecule has 1 fully saturated rings. The first-order valence-corrected chi connectivity index (χ1v) is 9.40. The molecule has 0 unspecified atom stereocenters. The fourth-order valence-electron chi connectivity index (χ4n) is 3.06. The van der Waals surface area contributed by atoms with Gasteiger partial charge in [-0.05, 0) is 43.5 Å². The molecule has 26 heavy (non-hydrogen) atoms. The van der Waals surface area contributed by atoms with E-state index in [9.17, 15) is 17.6 Å². The number of halogens is 4. The lowest BCUT2D eigenvalue weighted by atomic mass is 10.2. The number of nitrogens with zero attached hydrogens (tertiary/aromatic N) is 3. The number of alkyl halides is 3. The van der Waals surface area contributed by atoms with Crippen LogP contribution in [0.25, 0.3) is 0 Å². The van der Waals surface area contributed by atoms with Crippen molar-refractivity contribution in [1.82, 2.24) is 4.98 Å². The molecule has 2 heterocycles.